The van der Waals surface area contributed by atoms with Crippen LogP contribution in [0.2, 0.25) is 0 Å². The van der Waals surface area contributed by atoms with Crippen LogP contribution in [0.15, 0.2) is 97.2 Å². The molecular formula is C31H31N3O2. The molecule has 0 aliphatic carbocycles. The van der Waals surface area contributed by atoms with Gasteiger partial charge in [-0.2, -0.15) is 0 Å². The third-order valence-electron chi connectivity index (χ3n) is 6.76. The van der Waals surface area contributed by atoms with Gasteiger partial charge in [0, 0.05) is 18.3 Å². The smallest absolute Gasteiger partial charge is 0.254 e. The zero-order valence-corrected chi connectivity index (χ0v) is 20.8. The van der Waals surface area contributed by atoms with E-state index in [1.807, 2.05) is 77.8 Å². The lowest BCUT2D eigenvalue weighted by Gasteiger charge is -2.39. The maximum absolute atomic E-state index is 14.2. The Balaban J connectivity index is 1.56. The Morgan fingerprint density at radius 3 is 2.36 bits per heavy atom. The van der Waals surface area contributed by atoms with Crippen molar-refractivity contribution in [1.82, 2.24) is 9.47 Å². The molecule has 1 unspecified atom stereocenters. The molecule has 5 nitrogen and oxygen atoms in total. The molecule has 36 heavy (non-hydrogen) atoms. The molecule has 5 heteroatoms. The minimum absolute atomic E-state index is 0.0189. The van der Waals surface area contributed by atoms with Crippen molar-refractivity contribution < 1.29 is 9.59 Å². The molecule has 0 bridgehead atoms. The normalized spacial score (nSPS) is 14.2. The van der Waals surface area contributed by atoms with Crippen LogP contribution < -0.4 is 4.90 Å². The number of aromatic nitrogens is 1. The SMILES string of the molecule is CCCCN(CC(=O)N1c2ccccc2-n2cccc2C1c1cccc(C)c1)C(=O)c1ccccc1. The minimum atomic E-state index is -0.290. The lowest BCUT2D eigenvalue weighted by atomic mass is 9.96. The average molecular weight is 478 g/mol. The van der Waals surface area contributed by atoms with Crippen molar-refractivity contribution in [3.05, 3.63) is 120 Å². The molecule has 5 rings (SSSR count). The largest absolute Gasteiger partial charge is 0.329 e. The van der Waals surface area contributed by atoms with Gasteiger partial charge in [-0.1, -0.05) is 73.5 Å². The maximum Gasteiger partial charge on any atom is 0.254 e. The molecule has 1 aromatic heterocycles. The zero-order valence-electron chi connectivity index (χ0n) is 20.8. The van der Waals surface area contributed by atoms with E-state index in [9.17, 15) is 9.59 Å². The molecule has 1 aliphatic rings. The molecule has 4 aromatic rings. The number of amides is 2. The lowest BCUT2D eigenvalue weighted by Crippen LogP contribution is -2.47. The molecule has 0 spiro atoms. The number of fused-ring (bicyclic) bond motifs is 3. The van der Waals surface area contributed by atoms with Gasteiger partial charge in [-0.25, -0.2) is 0 Å². The monoisotopic (exact) mass is 477 g/mol. The molecule has 0 N–H and O–H groups in total. The summed E-state index contributed by atoms with van der Waals surface area (Å²) in [6.07, 6.45) is 3.83. The molecular weight excluding hydrogens is 446 g/mol. The fraction of sp³-hybridized carbons (Fsp3) is 0.226. The van der Waals surface area contributed by atoms with Crippen LogP contribution in [0.3, 0.4) is 0 Å². The Hall–Kier alpha value is -4.12. The summed E-state index contributed by atoms with van der Waals surface area (Å²) >= 11 is 0. The highest BCUT2D eigenvalue weighted by Crippen LogP contribution is 2.42. The summed E-state index contributed by atoms with van der Waals surface area (Å²) in [5.41, 5.74) is 5.63. The molecule has 0 saturated carbocycles. The molecule has 0 saturated heterocycles. The van der Waals surface area contributed by atoms with E-state index in [1.54, 1.807) is 4.90 Å². The van der Waals surface area contributed by atoms with Crippen LogP contribution in [0.1, 0.15) is 53.0 Å². The van der Waals surface area contributed by atoms with Gasteiger partial charge in [0.2, 0.25) is 5.91 Å². The Morgan fingerprint density at radius 1 is 0.861 bits per heavy atom. The number of rotatable bonds is 7. The van der Waals surface area contributed by atoms with Crippen LogP contribution >= 0.6 is 0 Å². The van der Waals surface area contributed by atoms with Crippen LogP contribution in [0.4, 0.5) is 5.69 Å². The first kappa shape index (κ1) is 23.6. The average Bonchev–Trinajstić information content (AvgIpc) is 3.40. The third kappa shape index (κ3) is 4.44. The zero-order chi connectivity index (χ0) is 25.1. The van der Waals surface area contributed by atoms with Crippen molar-refractivity contribution in [2.45, 2.75) is 32.7 Å². The molecule has 0 radical (unpaired) electrons. The molecule has 1 aliphatic heterocycles. The van der Waals surface area contributed by atoms with Gasteiger partial charge in [0.15, 0.2) is 0 Å². The molecule has 182 valence electrons. The van der Waals surface area contributed by atoms with Crippen molar-refractivity contribution in [1.29, 1.82) is 0 Å². The van der Waals surface area contributed by atoms with Gasteiger partial charge in [-0.3, -0.25) is 14.5 Å². The van der Waals surface area contributed by atoms with Gasteiger partial charge < -0.3 is 9.47 Å². The maximum atomic E-state index is 14.2. The summed E-state index contributed by atoms with van der Waals surface area (Å²) < 4.78 is 2.16. The number of hydrogen-bond acceptors (Lipinski definition) is 2. The highest BCUT2D eigenvalue weighted by atomic mass is 16.2. The summed E-state index contributed by atoms with van der Waals surface area (Å²) in [6, 6.07) is 29.3. The standard InChI is InChI=1S/C31H31N3O2/c1-3-4-19-32(31(36)24-13-6-5-7-14-24)22-29(35)34-27-17-9-8-16-26(27)33-20-11-18-28(33)30(34)25-15-10-12-23(2)21-25/h5-18,20-21,30H,3-4,19,22H2,1-2H3. The Bertz CT molecular complexity index is 1380. The highest BCUT2D eigenvalue weighted by molar-refractivity contribution is 6.02. The van der Waals surface area contributed by atoms with Crippen LogP contribution in [0, 0.1) is 6.92 Å². The summed E-state index contributed by atoms with van der Waals surface area (Å²) in [6.45, 7) is 4.72. The summed E-state index contributed by atoms with van der Waals surface area (Å²) in [7, 11) is 0. The van der Waals surface area contributed by atoms with Gasteiger partial charge in [0.05, 0.1) is 17.1 Å². The first-order chi connectivity index (χ1) is 17.6. The van der Waals surface area contributed by atoms with Crippen LogP contribution in [-0.4, -0.2) is 34.4 Å². The van der Waals surface area contributed by atoms with Crippen LogP contribution in [0.25, 0.3) is 5.69 Å². The van der Waals surface area contributed by atoms with Gasteiger partial charge >= 0.3 is 0 Å². The molecule has 3 aromatic carbocycles. The van der Waals surface area contributed by atoms with Gasteiger partial charge in [0.25, 0.3) is 5.91 Å². The fourth-order valence-electron chi connectivity index (χ4n) is 5.02. The van der Waals surface area contributed by atoms with E-state index in [2.05, 4.69) is 42.7 Å². The Kier molecular flexibility index (Phi) is 6.72. The quantitative estimate of drug-likeness (QED) is 0.320. The van der Waals surface area contributed by atoms with E-state index < -0.39 is 0 Å². The molecule has 2 amide bonds. The number of carbonyl (C=O) groups is 2. The Morgan fingerprint density at radius 2 is 1.61 bits per heavy atom. The van der Waals surface area contributed by atoms with Crippen molar-refractivity contribution >= 4 is 17.5 Å². The first-order valence-corrected chi connectivity index (χ1v) is 12.6. The number of unbranched alkanes of at least 4 members (excludes halogenated alkanes) is 1. The molecule has 0 fully saturated rings. The second-order valence-electron chi connectivity index (χ2n) is 9.32. The number of anilines is 1. The van der Waals surface area contributed by atoms with Gasteiger partial charge in [-0.05, 0) is 55.3 Å². The highest BCUT2D eigenvalue weighted by Gasteiger charge is 2.37. The predicted molar refractivity (Wildman–Crippen MR) is 144 cm³/mol. The fourth-order valence-corrected chi connectivity index (χ4v) is 5.02. The van der Waals surface area contributed by atoms with Crippen molar-refractivity contribution in [3.8, 4) is 5.69 Å². The number of benzene rings is 3. The van der Waals surface area contributed by atoms with Crippen molar-refractivity contribution in [3.63, 3.8) is 0 Å². The second kappa shape index (κ2) is 10.2. The summed E-state index contributed by atoms with van der Waals surface area (Å²) in [4.78, 5) is 31.2. The summed E-state index contributed by atoms with van der Waals surface area (Å²) in [5, 5.41) is 0. The Labute approximate surface area is 212 Å². The number of hydrogen-bond donors (Lipinski definition) is 0. The number of carbonyl (C=O) groups excluding carboxylic acids is 2. The summed E-state index contributed by atoms with van der Waals surface area (Å²) in [5.74, 6) is -0.208. The molecule has 1 atom stereocenters. The van der Waals surface area contributed by atoms with E-state index >= 15 is 0 Å². The lowest BCUT2D eigenvalue weighted by molar-refractivity contribution is -0.119. The van der Waals surface area contributed by atoms with E-state index in [-0.39, 0.29) is 24.4 Å². The van der Waals surface area contributed by atoms with E-state index in [1.165, 1.54) is 0 Å². The number of para-hydroxylation sites is 2. The van der Waals surface area contributed by atoms with Crippen LogP contribution in [-0.2, 0) is 4.79 Å². The minimum Gasteiger partial charge on any atom is -0.329 e. The van der Waals surface area contributed by atoms with Crippen molar-refractivity contribution in [2.24, 2.45) is 0 Å². The number of nitrogens with zero attached hydrogens (tertiary/aromatic N) is 3. The topological polar surface area (TPSA) is 45.6 Å². The van der Waals surface area contributed by atoms with Crippen LogP contribution in [0.5, 0.6) is 0 Å². The first-order valence-electron chi connectivity index (χ1n) is 12.6. The van der Waals surface area contributed by atoms with E-state index in [0.717, 1.165) is 41.0 Å². The van der Waals surface area contributed by atoms with Gasteiger partial charge in [-0.15, -0.1) is 0 Å². The van der Waals surface area contributed by atoms with Crippen molar-refractivity contribution in [2.75, 3.05) is 18.0 Å². The van der Waals surface area contributed by atoms with E-state index in [4.69, 9.17) is 0 Å². The third-order valence-corrected chi connectivity index (χ3v) is 6.76. The predicted octanol–water partition coefficient (Wildman–Crippen LogP) is 6.16. The van der Waals surface area contributed by atoms with E-state index in [0.29, 0.717) is 12.1 Å². The molecule has 2 heterocycles. The number of aryl methyl sites for hydroxylation is 1. The van der Waals surface area contributed by atoms with Gasteiger partial charge in [0.1, 0.15) is 12.6 Å². The second-order valence-corrected chi connectivity index (χ2v) is 9.32.